The third-order valence-electron chi connectivity index (χ3n) is 2.40. The fourth-order valence-electron chi connectivity index (χ4n) is 1.33. The quantitative estimate of drug-likeness (QED) is 0.788. The zero-order valence-electron chi connectivity index (χ0n) is 7.53. The summed E-state index contributed by atoms with van der Waals surface area (Å²) >= 11 is 3.42. The maximum Gasteiger partial charge on any atom is 0.0754 e. The van der Waals surface area contributed by atoms with E-state index in [1.165, 1.54) is 5.69 Å². The van der Waals surface area contributed by atoms with Crippen molar-refractivity contribution in [3.05, 3.63) is 28.7 Å². The molecule has 0 radical (unpaired) electrons. The van der Waals surface area contributed by atoms with Gasteiger partial charge >= 0.3 is 0 Å². The molecule has 1 fully saturated rings. The van der Waals surface area contributed by atoms with Crippen LogP contribution < -0.4 is 4.90 Å². The minimum absolute atomic E-state index is 0.557. The van der Waals surface area contributed by atoms with Gasteiger partial charge in [-0.1, -0.05) is 15.9 Å². The zero-order valence-corrected chi connectivity index (χ0v) is 9.12. The third-order valence-corrected chi connectivity index (χ3v) is 2.93. The molecule has 0 N–H and O–H groups in total. The van der Waals surface area contributed by atoms with Gasteiger partial charge in [-0.2, -0.15) is 0 Å². The standard InChI is InChI=1S/C10H12BrNO/c1-12(10-6-13-7-10)9-4-2-8(11)3-5-9/h2-5,10H,6-7H2,1H3. The number of benzene rings is 1. The zero-order chi connectivity index (χ0) is 9.26. The van der Waals surface area contributed by atoms with E-state index in [-0.39, 0.29) is 0 Å². The summed E-state index contributed by atoms with van der Waals surface area (Å²) < 4.78 is 6.27. The molecule has 1 aliphatic rings. The summed E-state index contributed by atoms with van der Waals surface area (Å²) in [7, 11) is 2.11. The van der Waals surface area contributed by atoms with E-state index in [0.717, 1.165) is 17.7 Å². The van der Waals surface area contributed by atoms with Crippen LogP contribution in [-0.2, 0) is 4.74 Å². The van der Waals surface area contributed by atoms with Crippen molar-refractivity contribution in [2.24, 2.45) is 0 Å². The molecule has 2 nitrogen and oxygen atoms in total. The van der Waals surface area contributed by atoms with Crippen LogP contribution in [0.3, 0.4) is 0 Å². The summed E-state index contributed by atoms with van der Waals surface area (Å²) in [5.74, 6) is 0. The minimum atomic E-state index is 0.557. The van der Waals surface area contributed by atoms with Crippen LogP contribution in [0.5, 0.6) is 0 Å². The maximum atomic E-state index is 5.15. The van der Waals surface area contributed by atoms with Gasteiger partial charge in [-0.15, -0.1) is 0 Å². The average Bonchev–Trinajstić information content (AvgIpc) is 2.02. The third kappa shape index (κ3) is 1.86. The number of anilines is 1. The van der Waals surface area contributed by atoms with Gasteiger partial charge in [0.1, 0.15) is 0 Å². The number of hydrogen-bond acceptors (Lipinski definition) is 2. The first kappa shape index (κ1) is 9.03. The summed E-state index contributed by atoms with van der Waals surface area (Å²) in [6.45, 7) is 1.71. The number of likely N-dealkylation sites (N-methyl/N-ethyl adjacent to an activating group) is 1. The second-order valence-electron chi connectivity index (χ2n) is 3.28. The fourth-order valence-corrected chi connectivity index (χ4v) is 1.60. The topological polar surface area (TPSA) is 12.5 Å². The molecule has 3 heteroatoms. The van der Waals surface area contributed by atoms with Gasteiger partial charge in [0, 0.05) is 17.2 Å². The fraction of sp³-hybridized carbons (Fsp3) is 0.400. The average molecular weight is 242 g/mol. The van der Waals surface area contributed by atoms with Crippen LogP contribution in [0.4, 0.5) is 5.69 Å². The second kappa shape index (κ2) is 3.68. The molecular weight excluding hydrogens is 230 g/mol. The van der Waals surface area contributed by atoms with Gasteiger partial charge in [-0.3, -0.25) is 0 Å². The molecule has 0 aromatic heterocycles. The molecule has 1 aromatic carbocycles. The van der Waals surface area contributed by atoms with Crippen molar-refractivity contribution in [3.8, 4) is 0 Å². The molecule has 0 amide bonds. The molecule has 0 unspecified atom stereocenters. The molecule has 1 saturated heterocycles. The van der Waals surface area contributed by atoms with Gasteiger partial charge in [0.05, 0.1) is 19.3 Å². The smallest absolute Gasteiger partial charge is 0.0754 e. The maximum absolute atomic E-state index is 5.15. The lowest BCUT2D eigenvalue weighted by Crippen LogP contribution is -2.47. The Bertz CT molecular complexity index is 281. The Labute approximate surface area is 86.6 Å². The monoisotopic (exact) mass is 241 g/mol. The first-order valence-electron chi connectivity index (χ1n) is 4.33. The van der Waals surface area contributed by atoms with Crippen molar-refractivity contribution in [2.45, 2.75) is 6.04 Å². The first-order chi connectivity index (χ1) is 6.27. The predicted molar refractivity (Wildman–Crippen MR) is 57.2 cm³/mol. The van der Waals surface area contributed by atoms with Crippen LogP contribution in [-0.4, -0.2) is 26.3 Å². The molecule has 70 valence electrons. The molecule has 2 rings (SSSR count). The molecule has 0 atom stereocenters. The Hall–Kier alpha value is -0.540. The number of hydrogen-bond donors (Lipinski definition) is 0. The van der Waals surface area contributed by atoms with Crippen LogP contribution >= 0.6 is 15.9 Å². The van der Waals surface area contributed by atoms with E-state index in [0.29, 0.717) is 6.04 Å². The van der Waals surface area contributed by atoms with E-state index in [9.17, 15) is 0 Å². The highest BCUT2D eigenvalue weighted by atomic mass is 79.9. The van der Waals surface area contributed by atoms with E-state index >= 15 is 0 Å². The Morgan fingerprint density at radius 2 is 1.92 bits per heavy atom. The van der Waals surface area contributed by atoms with Crippen molar-refractivity contribution in [3.63, 3.8) is 0 Å². The Balaban J connectivity index is 2.10. The van der Waals surface area contributed by atoms with E-state index < -0.39 is 0 Å². The molecule has 13 heavy (non-hydrogen) atoms. The van der Waals surface area contributed by atoms with E-state index in [4.69, 9.17) is 4.74 Å². The Morgan fingerprint density at radius 3 is 2.38 bits per heavy atom. The van der Waals surface area contributed by atoms with Gasteiger partial charge in [-0.25, -0.2) is 0 Å². The molecule has 0 aliphatic carbocycles. The van der Waals surface area contributed by atoms with Crippen LogP contribution in [0.25, 0.3) is 0 Å². The number of ether oxygens (including phenoxy) is 1. The number of nitrogens with zero attached hydrogens (tertiary/aromatic N) is 1. The molecule has 1 aromatic rings. The van der Waals surface area contributed by atoms with Gasteiger partial charge in [-0.05, 0) is 24.3 Å². The Morgan fingerprint density at radius 1 is 1.31 bits per heavy atom. The van der Waals surface area contributed by atoms with Gasteiger partial charge in [0.15, 0.2) is 0 Å². The Kier molecular flexibility index (Phi) is 2.56. The summed E-state index contributed by atoms with van der Waals surface area (Å²) in [6.07, 6.45) is 0. The van der Waals surface area contributed by atoms with Crippen LogP contribution in [0.1, 0.15) is 0 Å². The largest absolute Gasteiger partial charge is 0.377 e. The van der Waals surface area contributed by atoms with Crippen molar-refractivity contribution >= 4 is 21.6 Å². The first-order valence-corrected chi connectivity index (χ1v) is 5.13. The molecule has 0 saturated carbocycles. The van der Waals surface area contributed by atoms with Crippen LogP contribution in [0, 0.1) is 0 Å². The lowest BCUT2D eigenvalue weighted by molar-refractivity contribution is 0.0101. The summed E-state index contributed by atoms with van der Waals surface area (Å²) in [4.78, 5) is 2.26. The minimum Gasteiger partial charge on any atom is -0.377 e. The van der Waals surface area contributed by atoms with Crippen molar-refractivity contribution in [2.75, 3.05) is 25.2 Å². The molecule has 1 aliphatic heterocycles. The van der Waals surface area contributed by atoms with Gasteiger partial charge in [0.2, 0.25) is 0 Å². The summed E-state index contributed by atoms with van der Waals surface area (Å²) in [5.41, 5.74) is 1.25. The molecule has 0 spiro atoms. The number of rotatable bonds is 2. The van der Waals surface area contributed by atoms with Crippen molar-refractivity contribution < 1.29 is 4.74 Å². The van der Waals surface area contributed by atoms with Gasteiger partial charge < -0.3 is 9.64 Å². The van der Waals surface area contributed by atoms with Crippen molar-refractivity contribution in [1.82, 2.24) is 0 Å². The second-order valence-corrected chi connectivity index (χ2v) is 4.19. The van der Waals surface area contributed by atoms with Gasteiger partial charge in [0.25, 0.3) is 0 Å². The summed E-state index contributed by atoms with van der Waals surface area (Å²) in [6, 6.07) is 8.91. The summed E-state index contributed by atoms with van der Waals surface area (Å²) in [5, 5.41) is 0. The highest BCUT2D eigenvalue weighted by Gasteiger charge is 2.22. The highest BCUT2D eigenvalue weighted by molar-refractivity contribution is 9.10. The molecular formula is C10H12BrNO. The van der Waals surface area contributed by atoms with Crippen molar-refractivity contribution in [1.29, 1.82) is 0 Å². The molecule has 1 heterocycles. The van der Waals surface area contributed by atoms with E-state index in [2.05, 4.69) is 52.1 Å². The highest BCUT2D eigenvalue weighted by Crippen LogP contribution is 2.21. The SMILES string of the molecule is CN(c1ccc(Br)cc1)C1COC1. The van der Waals surface area contributed by atoms with Crippen LogP contribution in [0.15, 0.2) is 28.7 Å². The molecule has 0 bridgehead atoms. The lowest BCUT2D eigenvalue weighted by atomic mass is 10.2. The van der Waals surface area contributed by atoms with E-state index in [1.807, 2.05) is 0 Å². The normalized spacial score (nSPS) is 16.8. The van der Waals surface area contributed by atoms with Crippen LogP contribution in [0.2, 0.25) is 0 Å². The number of halogens is 1. The predicted octanol–water partition coefficient (Wildman–Crippen LogP) is 2.28. The lowest BCUT2D eigenvalue weighted by Gasteiger charge is -2.36. The van der Waals surface area contributed by atoms with E-state index in [1.54, 1.807) is 0 Å².